The molecule has 1 aromatic heterocycles. The normalized spacial score (nSPS) is 11.6. The highest BCUT2D eigenvalue weighted by atomic mass is 32.2. The molecular weight excluding hydrogens is 240 g/mol. The highest BCUT2D eigenvalue weighted by molar-refractivity contribution is 8.01. The van der Waals surface area contributed by atoms with E-state index in [4.69, 9.17) is 10.9 Å². The van der Waals surface area contributed by atoms with Gasteiger partial charge in [0.05, 0.1) is 4.21 Å². The molecule has 3 N–H and O–H groups in total. The number of nitrogens with two attached hydrogens (primary N) is 1. The summed E-state index contributed by atoms with van der Waals surface area (Å²) in [5.41, 5.74) is 6.37. The lowest BCUT2D eigenvalue weighted by Gasteiger charge is -2.05. The van der Waals surface area contributed by atoms with Gasteiger partial charge in [-0.05, 0) is 17.5 Å². The Morgan fingerprint density at radius 1 is 1.25 bits per heavy atom. The molecule has 0 saturated heterocycles. The maximum atomic E-state index is 8.70. The van der Waals surface area contributed by atoms with Crippen molar-refractivity contribution in [2.75, 3.05) is 0 Å². The van der Waals surface area contributed by atoms with E-state index < -0.39 is 0 Å². The Bertz CT molecular complexity index is 494. The summed E-state index contributed by atoms with van der Waals surface area (Å²) in [6.07, 6.45) is 0. The van der Waals surface area contributed by atoms with Crippen molar-refractivity contribution >= 4 is 28.9 Å². The van der Waals surface area contributed by atoms with Gasteiger partial charge in [-0.1, -0.05) is 41.2 Å². The van der Waals surface area contributed by atoms with Crippen LogP contribution in [0.1, 0.15) is 5.56 Å². The highest BCUT2D eigenvalue weighted by Gasteiger charge is 2.07. The van der Waals surface area contributed by atoms with Gasteiger partial charge in [-0.3, -0.25) is 0 Å². The summed E-state index contributed by atoms with van der Waals surface area (Å²) >= 11 is 3.28. The van der Waals surface area contributed by atoms with Gasteiger partial charge in [-0.15, -0.1) is 11.3 Å². The van der Waals surface area contributed by atoms with Crippen LogP contribution in [0.15, 0.2) is 56.0 Å². The number of hydrogen-bond acceptors (Lipinski definition) is 4. The molecule has 0 radical (unpaired) electrons. The van der Waals surface area contributed by atoms with Crippen LogP contribution in [0.25, 0.3) is 0 Å². The predicted octanol–water partition coefficient (Wildman–Crippen LogP) is 2.99. The van der Waals surface area contributed by atoms with Crippen LogP contribution in [0.5, 0.6) is 0 Å². The maximum Gasteiger partial charge on any atom is 0.171 e. The molecule has 2 rings (SSSR count). The SMILES string of the molecule is N/C(=N\O)c1ccccc1Sc1cccs1. The van der Waals surface area contributed by atoms with E-state index in [0.717, 1.165) is 10.5 Å². The van der Waals surface area contributed by atoms with E-state index in [1.165, 1.54) is 4.21 Å². The summed E-state index contributed by atoms with van der Waals surface area (Å²) in [6, 6.07) is 11.6. The quantitative estimate of drug-likeness (QED) is 0.381. The number of hydrogen-bond donors (Lipinski definition) is 2. The van der Waals surface area contributed by atoms with E-state index >= 15 is 0 Å². The third-order valence-electron chi connectivity index (χ3n) is 1.98. The molecule has 1 aromatic carbocycles. The Balaban J connectivity index is 2.34. The van der Waals surface area contributed by atoms with Gasteiger partial charge in [0.15, 0.2) is 5.84 Å². The first kappa shape index (κ1) is 11.0. The standard InChI is InChI=1S/C11H10N2OS2/c12-11(13-14)8-4-1-2-5-9(8)16-10-6-3-7-15-10/h1-7,14H,(H2,12,13). The maximum absolute atomic E-state index is 8.70. The Morgan fingerprint density at radius 3 is 2.75 bits per heavy atom. The number of rotatable bonds is 3. The van der Waals surface area contributed by atoms with E-state index in [-0.39, 0.29) is 5.84 Å². The highest BCUT2D eigenvalue weighted by Crippen LogP contribution is 2.33. The summed E-state index contributed by atoms with van der Waals surface area (Å²) in [5, 5.41) is 13.8. The number of amidine groups is 1. The molecule has 0 spiro atoms. The van der Waals surface area contributed by atoms with Crippen molar-refractivity contribution in [2.24, 2.45) is 10.9 Å². The fourth-order valence-corrected chi connectivity index (χ4v) is 3.12. The molecule has 0 fully saturated rings. The Morgan fingerprint density at radius 2 is 2.06 bits per heavy atom. The molecule has 16 heavy (non-hydrogen) atoms. The van der Waals surface area contributed by atoms with Crippen LogP contribution in [0.4, 0.5) is 0 Å². The second kappa shape index (κ2) is 5.05. The van der Waals surface area contributed by atoms with E-state index in [1.807, 2.05) is 41.8 Å². The fraction of sp³-hybridized carbons (Fsp3) is 0. The second-order valence-corrected chi connectivity index (χ2v) is 5.31. The molecule has 82 valence electrons. The predicted molar refractivity (Wildman–Crippen MR) is 67.4 cm³/mol. The molecule has 0 aliphatic heterocycles. The summed E-state index contributed by atoms with van der Waals surface area (Å²) < 4.78 is 1.18. The zero-order valence-corrected chi connectivity index (χ0v) is 9.96. The van der Waals surface area contributed by atoms with Crippen LogP contribution in [-0.2, 0) is 0 Å². The van der Waals surface area contributed by atoms with E-state index in [1.54, 1.807) is 23.1 Å². The molecule has 0 atom stereocenters. The Labute approximate surface area is 102 Å². The first-order valence-corrected chi connectivity index (χ1v) is 6.29. The number of oxime groups is 1. The molecule has 0 unspecified atom stereocenters. The fourth-order valence-electron chi connectivity index (χ4n) is 1.25. The zero-order chi connectivity index (χ0) is 11.4. The van der Waals surface area contributed by atoms with Gasteiger partial charge in [0.25, 0.3) is 0 Å². The Kier molecular flexibility index (Phi) is 3.48. The molecule has 0 saturated carbocycles. The largest absolute Gasteiger partial charge is 0.409 e. The topological polar surface area (TPSA) is 58.6 Å². The van der Waals surface area contributed by atoms with Crippen LogP contribution in [-0.4, -0.2) is 11.0 Å². The molecule has 0 amide bonds. The molecule has 3 nitrogen and oxygen atoms in total. The van der Waals surface area contributed by atoms with Crippen molar-refractivity contribution in [3.63, 3.8) is 0 Å². The molecule has 0 aliphatic rings. The summed E-state index contributed by atoms with van der Waals surface area (Å²) in [5.74, 6) is 0.139. The minimum atomic E-state index is 0.139. The number of thiophene rings is 1. The minimum absolute atomic E-state index is 0.139. The average Bonchev–Trinajstić information content (AvgIpc) is 2.82. The van der Waals surface area contributed by atoms with Gasteiger partial charge in [0.1, 0.15) is 0 Å². The van der Waals surface area contributed by atoms with Crippen molar-refractivity contribution < 1.29 is 5.21 Å². The van der Waals surface area contributed by atoms with Gasteiger partial charge in [-0.25, -0.2) is 0 Å². The molecule has 0 bridgehead atoms. The van der Waals surface area contributed by atoms with E-state index in [0.29, 0.717) is 0 Å². The summed E-state index contributed by atoms with van der Waals surface area (Å²) in [7, 11) is 0. The third kappa shape index (κ3) is 2.37. The van der Waals surface area contributed by atoms with Crippen molar-refractivity contribution in [3.8, 4) is 0 Å². The van der Waals surface area contributed by atoms with Gasteiger partial charge < -0.3 is 10.9 Å². The van der Waals surface area contributed by atoms with Gasteiger partial charge in [-0.2, -0.15) is 0 Å². The van der Waals surface area contributed by atoms with Gasteiger partial charge in [0, 0.05) is 10.5 Å². The molecule has 2 aromatic rings. The van der Waals surface area contributed by atoms with Crippen LogP contribution >= 0.6 is 23.1 Å². The lowest BCUT2D eigenvalue weighted by atomic mass is 10.2. The van der Waals surface area contributed by atoms with Crippen molar-refractivity contribution in [3.05, 3.63) is 47.3 Å². The van der Waals surface area contributed by atoms with E-state index in [9.17, 15) is 0 Å². The van der Waals surface area contributed by atoms with Crippen LogP contribution < -0.4 is 5.73 Å². The second-order valence-electron chi connectivity index (χ2n) is 3.02. The van der Waals surface area contributed by atoms with Crippen molar-refractivity contribution in [1.29, 1.82) is 0 Å². The van der Waals surface area contributed by atoms with E-state index in [2.05, 4.69) is 5.16 Å². The van der Waals surface area contributed by atoms with Crippen LogP contribution in [0.3, 0.4) is 0 Å². The smallest absolute Gasteiger partial charge is 0.171 e. The van der Waals surface area contributed by atoms with Crippen molar-refractivity contribution in [1.82, 2.24) is 0 Å². The molecular formula is C11H10N2OS2. The van der Waals surface area contributed by atoms with Crippen molar-refractivity contribution in [2.45, 2.75) is 9.10 Å². The Hall–Kier alpha value is -1.46. The molecule has 1 heterocycles. The third-order valence-corrected chi connectivity index (χ3v) is 4.09. The minimum Gasteiger partial charge on any atom is -0.409 e. The molecule has 0 aliphatic carbocycles. The zero-order valence-electron chi connectivity index (χ0n) is 8.33. The lowest BCUT2D eigenvalue weighted by Crippen LogP contribution is -2.13. The lowest BCUT2D eigenvalue weighted by molar-refractivity contribution is 0.318. The number of benzene rings is 1. The first-order valence-electron chi connectivity index (χ1n) is 4.59. The monoisotopic (exact) mass is 250 g/mol. The summed E-state index contributed by atoms with van der Waals surface area (Å²) in [4.78, 5) is 0.986. The van der Waals surface area contributed by atoms with Crippen LogP contribution in [0.2, 0.25) is 0 Å². The number of nitrogens with zero attached hydrogens (tertiary/aromatic N) is 1. The molecule has 5 heteroatoms. The summed E-state index contributed by atoms with van der Waals surface area (Å²) in [6.45, 7) is 0. The van der Waals surface area contributed by atoms with Gasteiger partial charge in [0.2, 0.25) is 0 Å². The van der Waals surface area contributed by atoms with Gasteiger partial charge >= 0.3 is 0 Å². The van der Waals surface area contributed by atoms with Crippen LogP contribution in [0, 0.1) is 0 Å². The first-order chi connectivity index (χ1) is 7.81. The average molecular weight is 250 g/mol.